The second-order valence-corrected chi connectivity index (χ2v) is 6.85. The summed E-state index contributed by atoms with van der Waals surface area (Å²) in [4.78, 5) is 0. The molecular weight excluding hydrogens is 338 g/mol. The van der Waals surface area contributed by atoms with Crippen molar-refractivity contribution in [3.8, 4) is 17.0 Å². The minimum Gasteiger partial charge on any atom is -0.496 e. The lowest BCUT2D eigenvalue weighted by Gasteiger charge is -2.34. The van der Waals surface area contributed by atoms with Crippen LogP contribution in [0, 0.1) is 0 Å². The summed E-state index contributed by atoms with van der Waals surface area (Å²) >= 11 is 0. The monoisotopic (exact) mass is 363 g/mol. The van der Waals surface area contributed by atoms with Crippen molar-refractivity contribution in [3.05, 3.63) is 65.9 Å². The number of nitrogens with zero attached hydrogens (tertiary/aromatic N) is 2. The lowest BCUT2D eigenvalue weighted by atomic mass is 9.92. The van der Waals surface area contributed by atoms with E-state index in [0.29, 0.717) is 12.1 Å². The topological polar surface area (TPSA) is 74.9 Å². The van der Waals surface area contributed by atoms with Crippen molar-refractivity contribution in [2.75, 3.05) is 13.7 Å². The van der Waals surface area contributed by atoms with E-state index in [0.717, 1.165) is 42.1 Å². The second kappa shape index (κ2) is 8.33. The molecule has 0 radical (unpaired) electrons. The smallest absolute Gasteiger partial charge is 0.123 e. The molecule has 0 bridgehead atoms. The third kappa shape index (κ3) is 4.02. The summed E-state index contributed by atoms with van der Waals surface area (Å²) in [6.07, 6.45) is 4.06. The Hall–Kier alpha value is -2.70. The summed E-state index contributed by atoms with van der Waals surface area (Å²) in [5.41, 5.74) is 4.32. The number of piperidine rings is 1. The summed E-state index contributed by atoms with van der Waals surface area (Å²) in [5.74, 6) is 0.884. The molecule has 2 heterocycles. The molecular formula is C21H25N5O. The summed E-state index contributed by atoms with van der Waals surface area (Å²) in [5, 5.41) is 18.2. The average molecular weight is 363 g/mol. The Morgan fingerprint density at radius 3 is 2.85 bits per heavy atom. The number of aromatic amines is 1. The molecule has 4 rings (SSSR count). The Morgan fingerprint density at radius 1 is 1.19 bits per heavy atom. The molecule has 2 aromatic carbocycles. The SMILES string of the molecule is COc1ccc(-c2cn[nH]n2)cc1CN[C@H]1CCCN[C@H]1c1ccccc1. The number of ether oxygens (including phenoxy) is 1. The van der Waals surface area contributed by atoms with Crippen molar-refractivity contribution in [2.45, 2.75) is 31.5 Å². The summed E-state index contributed by atoms with van der Waals surface area (Å²) < 4.78 is 5.57. The van der Waals surface area contributed by atoms with Gasteiger partial charge in [-0.3, -0.25) is 0 Å². The molecule has 27 heavy (non-hydrogen) atoms. The molecule has 1 aliphatic rings. The molecule has 6 heteroatoms. The van der Waals surface area contributed by atoms with Crippen molar-refractivity contribution in [1.29, 1.82) is 0 Å². The summed E-state index contributed by atoms with van der Waals surface area (Å²) in [6.45, 7) is 1.80. The van der Waals surface area contributed by atoms with Gasteiger partial charge in [0, 0.05) is 29.8 Å². The molecule has 0 amide bonds. The predicted molar refractivity (Wildman–Crippen MR) is 105 cm³/mol. The maximum absolute atomic E-state index is 5.57. The molecule has 1 aliphatic heterocycles. The quantitative estimate of drug-likeness (QED) is 0.628. The Labute approximate surface area is 159 Å². The molecule has 0 aliphatic carbocycles. The predicted octanol–water partition coefficient (Wildman–Crippen LogP) is 3.06. The zero-order valence-electron chi connectivity index (χ0n) is 15.5. The molecule has 0 spiro atoms. The van der Waals surface area contributed by atoms with Gasteiger partial charge in [0.05, 0.1) is 13.3 Å². The van der Waals surface area contributed by atoms with Crippen LogP contribution in [0.15, 0.2) is 54.7 Å². The van der Waals surface area contributed by atoms with E-state index >= 15 is 0 Å². The van der Waals surface area contributed by atoms with Crippen molar-refractivity contribution >= 4 is 0 Å². The number of methoxy groups -OCH3 is 1. The standard InChI is InChI=1S/C21H25N5O/c1-27-20-10-9-16(19-14-24-26-25-19)12-17(20)13-23-18-8-5-11-22-21(18)15-6-3-2-4-7-15/h2-4,6-7,9-10,12,14,18,21-23H,5,8,11,13H2,1H3,(H,24,25,26)/t18-,21-/m0/s1. The first-order valence-electron chi connectivity index (χ1n) is 9.40. The van der Waals surface area contributed by atoms with Crippen LogP contribution in [0.25, 0.3) is 11.3 Å². The van der Waals surface area contributed by atoms with Gasteiger partial charge in [-0.15, -0.1) is 0 Å². The van der Waals surface area contributed by atoms with Crippen LogP contribution in [0.2, 0.25) is 0 Å². The van der Waals surface area contributed by atoms with E-state index in [1.54, 1.807) is 13.3 Å². The number of H-pyrrole nitrogens is 1. The van der Waals surface area contributed by atoms with Crippen LogP contribution >= 0.6 is 0 Å². The van der Waals surface area contributed by atoms with Crippen LogP contribution in [0.1, 0.15) is 30.0 Å². The van der Waals surface area contributed by atoms with Crippen molar-refractivity contribution in [3.63, 3.8) is 0 Å². The van der Waals surface area contributed by atoms with Crippen LogP contribution < -0.4 is 15.4 Å². The van der Waals surface area contributed by atoms with Gasteiger partial charge in [0.2, 0.25) is 0 Å². The molecule has 1 saturated heterocycles. The Kier molecular flexibility index (Phi) is 5.46. The highest BCUT2D eigenvalue weighted by Gasteiger charge is 2.25. The largest absolute Gasteiger partial charge is 0.496 e. The van der Waals surface area contributed by atoms with E-state index in [1.807, 2.05) is 12.1 Å². The number of rotatable bonds is 6. The highest BCUT2D eigenvalue weighted by atomic mass is 16.5. The van der Waals surface area contributed by atoms with E-state index in [1.165, 1.54) is 12.0 Å². The zero-order chi connectivity index (χ0) is 18.5. The molecule has 1 fully saturated rings. The molecule has 2 atom stereocenters. The van der Waals surface area contributed by atoms with Crippen LogP contribution in [0.4, 0.5) is 0 Å². The number of nitrogens with one attached hydrogen (secondary N) is 3. The van der Waals surface area contributed by atoms with Gasteiger partial charge in [0.25, 0.3) is 0 Å². The fourth-order valence-corrected chi connectivity index (χ4v) is 3.78. The van der Waals surface area contributed by atoms with Gasteiger partial charge in [0.1, 0.15) is 11.4 Å². The van der Waals surface area contributed by atoms with Crippen LogP contribution in [0.3, 0.4) is 0 Å². The van der Waals surface area contributed by atoms with E-state index in [4.69, 9.17) is 4.74 Å². The van der Waals surface area contributed by atoms with Crippen LogP contribution in [0.5, 0.6) is 5.75 Å². The van der Waals surface area contributed by atoms with Gasteiger partial charge in [-0.1, -0.05) is 30.3 Å². The van der Waals surface area contributed by atoms with Gasteiger partial charge in [0.15, 0.2) is 0 Å². The van der Waals surface area contributed by atoms with Gasteiger partial charge < -0.3 is 15.4 Å². The van der Waals surface area contributed by atoms with Crippen LogP contribution in [-0.4, -0.2) is 35.1 Å². The Morgan fingerprint density at radius 2 is 2.07 bits per heavy atom. The zero-order valence-corrected chi connectivity index (χ0v) is 15.5. The molecule has 6 nitrogen and oxygen atoms in total. The van der Waals surface area contributed by atoms with Crippen molar-refractivity contribution in [1.82, 2.24) is 26.0 Å². The van der Waals surface area contributed by atoms with Crippen molar-refractivity contribution in [2.24, 2.45) is 0 Å². The average Bonchev–Trinajstić information content (AvgIpc) is 3.28. The fourth-order valence-electron chi connectivity index (χ4n) is 3.78. The molecule has 3 N–H and O–H groups in total. The fraction of sp³-hybridized carbons (Fsp3) is 0.333. The first kappa shape index (κ1) is 17.7. The second-order valence-electron chi connectivity index (χ2n) is 6.85. The normalized spacial score (nSPS) is 19.7. The van der Waals surface area contributed by atoms with Gasteiger partial charge in [-0.2, -0.15) is 15.4 Å². The number of hydrogen-bond donors (Lipinski definition) is 3. The minimum atomic E-state index is 0.324. The third-order valence-corrected chi connectivity index (χ3v) is 5.16. The van der Waals surface area contributed by atoms with E-state index in [-0.39, 0.29) is 0 Å². The highest BCUT2D eigenvalue weighted by molar-refractivity contribution is 5.60. The molecule has 3 aromatic rings. The lowest BCUT2D eigenvalue weighted by molar-refractivity contribution is 0.303. The highest BCUT2D eigenvalue weighted by Crippen LogP contribution is 2.27. The van der Waals surface area contributed by atoms with E-state index in [2.05, 4.69) is 62.4 Å². The molecule has 1 aromatic heterocycles. The molecule has 0 unspecified atom stereocenters. The van der Waals surface area contributed by atoms with Gasteiger partial charge in [-0.25, -0.2) is 0 Å². The van der Waals surface area contributed by atoms with Crippen LogP contribution in [-0.2, 0) is 6.54 Å². The first-order chi connectivity index (χ1) is 13.3. The van der Waals surface area contributed by atoms with E-state index < -0.39 is 0 Å². The van der Waals surface area contributed by atoms with Gasteiger partial charge >= 0.3 is 0 Å². The number of aromatic nitrogens is 3. The maximum atomic E-state index is 5.57. The molecule has 0 saturated carbocycles. The number of benzene rings is 2. The molecule has 140 valence electrons. The summed E-state index contributed by atoms with van der Waals surface area (Å²) in [6, 6.07) is 17.5. The Balaban J connectivity index is 1.52. The first-order valence-corrected chi connectivity index (χ1v) is 9.40. The lowest BCUT2D eigenvalue weighted by Crippen LogP contribution is -2.45. The third-order valence-electron chi connectivity index (χ3n) is 5.16. The maximum Gasteiger partial charge on any atom is 0.123 e. The van der Waals surface area contributed by atoms with E-state index in [9.17, 15) is 0 Å². The number of hydrogen-bond acceptors (Lipinski definition) is 5. The summed E-state index contributed by atoms with van der Waals surface area (Å²) in [7, 11) is 1.71. The van der Waals surface area contributed by atoms with Gasteiger partial charge in [-0.05, 0) is 43.1 Å². The Bertz CT molecular complexity index is 850. The minimum absolute atomic E-state index is 0.324. The van der Waals surface area contributed by atoms with Crippen molar-refractivity contribution < 1.29 is 4.74 Å².